The van der Waals surface area contributed by atoms with Crippen LogP contribution in [0.2, 0.25) is 0 Å². The number of nitrogens with one attached hydrogen (secondary N) is 1. The fraction of sp³-hybridized carbons (Fsp3) is 0.545. The van der Waals surface area contributed by atoms with E-state index in [1.54, 1.807) is 0 Å². The molecule has 0 aromatic heterocycles. The molecule has 28 heavy (non-hydrogen) atoms. The first-order chi connectivity index (χ1) is 13.1. The molecule has 2 aliphatic heterocycles. The third-order valence-electron chi connectivity index (χ3n) is 5.81. The van der Waals surface area contributed by atoms with E-state index >= 15 is 0 Å². The molecule has 6 nitrogen and oxygen atoms in total. The maximum absolute atomic E-state index is 13.3. The lowest BCUT2D eigenvalue weighted by atomic mass is 9.69. The summed E-state index contributed by atoms with van der Waals surface area (Å²) in [6, 6.07) is 9.07. The average molecular weight is 386 g/mol. The van der Waals surface area contributed by atoms with Gasteiger partial charge in [-0.2, -0.15) is 0 Å². The highest BCUT2D eigenvalue weighted by molar-refractivity contribution is 6.07. The zero-order valence-corrected chi connectivity index (χ0v) is 17.3. The van der Waals surface area contributed by atoms with Gasteiger partial charge in [-0.25, -0.2) is 4.79 Å². The summed E-state index contributed by atoms with van der Waals surface area (Å²) in [5.74, 6) is 0.581. The minimum absolute atomic E-state index is 0.145. The van der Waals surface area contributed by atoms with Crippen molar-refractivity contribution in [1.29, 1.82) is 0 Å². The average Bonchev–Trinajstić information content (AvgIpc) is 2.81. The van der Waals surface area contributed by atoms with Gasteiger partial charge in [-0.05, 0) is 52.7 Å². The number of piperidine rings is 1. The van der Waals surface area contributed by atoms with Crippen LogP contribution in [0.15, 0.2) is 43.0 Å². The molecule has 0 radical (unpaired) electrons. The summed E-state index contributed by atoms with van der Waals surface area (Å²) in [5, 5.41) is 3.02. The number of nitrogens with zero attached hydrogens (tertiary/aromatic N) is 2. The van der Waals surface area contributed by atoms with Crippen LogP contribution in [0.4, 0.5) is 4.79 Å². The van der Waals surface area contributed by atoms with E-state index in [1.165, 1.54) is 4.90 Å². The largest absolute Gasteiger partial charge is 0.492 e. The van der Waals surface area contributed by atoms with Gasteiger partial charge < -0.3 is 10.1 Å². The van der Waals surface area contributed by atoms with Gasteiger partial charge in [0.15, 0.2) is 0 Å². The fourth-order valence-corrected chi connectivity index (χ4v) is 5.06. The summed E-state index contributed by atoms with van der Waals surface area (Å²) in [6.45, 7) is 13.6. The first kappa shape index (κ1) is 20.4. The zero-order chi connectivity index (χ0) is 20.6. The van der Waals surface area contributed by atoms with Crippen molar-refractivity contribution in [1.82, 2.24) is 15.1 Å². The van der Waals surface area contributed by atoms with Gasteiger partial charge in [-0.1, -0.05) is 24.3 Å². The second-order valence-corrected chi connectivity index (χ2v) is 9.01. The number of para-hydroxylation sites is 1. The van der Waals surface area contributed by atoms with Gasteiger partial charge in [-0.15, -0.1) is 6.58 Å². The van der Waals surface area contributed by atoms with Gasteiger partial charge in [0.05, 0.1) is 6.54 Å². The van der Waals surface area contributed by atoms with Crippen LogP contribution in [0.25, 0.3) is 0 Å². The Kier molecular flexibility index (Phi) is 5.28. The number of ether oxygens (including phenoxy) is 1. The van der Waals surface area contributed by atoms with Crippen LogP contribution < -0.4 is 10.1 Å². The van der Waals surface area contributed by atoms with Gasteiger partial charge in [0.2, 0.25) is 0 Å². The first-order valence-corrected chi connectivity index (χ1v) is 9.82. The third kappa shape index (κ3) is 3.65. The Labute approximate surface area is 167 Å². The van der Waals surface area contributed by atoms with E-state index in [1.807, 2.05) is 36.4 Å². The number of rotatable bonds is 6. The highest BCUT2D eigenvalue weighted by Gasteiger charge is 2.60. The van der Waals surface area contributed by atoms with Crippen molar-refractivity contribution in [3.8, 4) is 5.75 Å². The van der Waals surface area contributed by atoms with Crippen LogP contribution in [0, 0.1) is 0 Å². The summed E-state index contributed by atoms with van der Waals surface area (Å²) in [6.07, 6.45) is 3.03. The predicted octanol–water partition coefficient (Wildman–Crippen LogP) is 3.20. The Hall–Kier alpha value is -2.34. The van der Waals surface area contributed by atoms with Crippen molar-refractivity contribution in [2.75, 3.05) is 19.7 Å². The molecule has 2 fully saturated rings. The second kappa shape index (κ2) is 7.24. The number of hydrogen-bond donors (Lipinski definition) is 1. The molecule has 6 heteroatoms. The monoisotopic (exact) mass is 385 g/mol. The fourth-order valence-electron chi connectivity index (χ4n) is 5.06. The van der Waals surface area contributed by atoms with Crippen LogP contribution >= 0.6 is 0 Å². The Morgan fingerprint density at radius 2 is 1.71 bits per heavy atom. The molecular formula is C22H31N3O3. The molecule has 0 aliphatic carbocycles. The van der Waals surface area contributed by atoms with Gasteiger partial charge in [0, 0.05) is 17.6 Å². The Morgan fingerprint density at radius 3 is 2.29 bits per heavy atom. The molecule has 1 aromatic rings. The molecule has 1 N–H and O–H groups in total. The van der Waals surface area contributed by atoms with Crippen molar-refractivity contribution in [2.24, 2.45) is 0 Å². The zero-order valence-electron chi connectivity index (χ0n) is 17.3. The topological polar surface area (TPSA) is 61.9 Å². The number of likely N-dealkylation sites (tertiary alicyclic amines) is 1. The third-order valence-corrected chi connectivity index (χ3v) is 5.81. The minimum Gasteiger partial charge on any atom is -0.492 e. The maximum atomic E-state index is 13.3. The van der Waals surface area contributed by atoms with Crippen molar-refractivity contribution in [2.45, 2.75) is 57.2 Å². The SMILES string of the molecule is C=CCN1C(C)(C)CC2(CC1(C)C)NC(=O)N(CCOc1ccccc1)C2=O. The lowest BCUT2D eigenvalue weighted by molar-refractivity contribution is -0.140. The number of hydrogen-bond acceptors (Lipinski definition) is 4. The normalized spacial score (nSPS) is 22.9. The van der Waals surface area contributed by atoms with E-state index < -0.39 is 5.54 Å². The molecule has 0 atom stereocenters. The molecular weight excluding hydrogens is 354 g/mol. The lowest BCUT2D eigenvalue weighted by Crippen LogP contribution is -2.69. The van der Waals surface area contributed by atoms with Gasteiger partial charge in [0.25, 0.3) is 5.91 Å². The molecule has 0 unspecified atom stereocenters. The predicted molar refractivity (Wildman–Crippen MR) is 109 cm³/mol. The highest BCUT2D eigenvalue weighted by atomic mass is 16.5. The number of urea groups is 1. The van der Waals surface area contributed by atoms with Crippen molar-refractivity contribution >= 4 is 11.9 Å². The van der Waals surface area contributed by atoms with Crippen molar-refractivity contribution in [3.05, 3.63) is 43.0 Å². The maximum Gasteiger partial charge on any atom is 0.325 e. The van der Waals surface area contributed by atoms with Crippen LogP contribution in [0.5, 0.6) is 5.75 Å². The molecule has 3 amide bonds. The molecule has 2 aliphatic rings. The molecule has 0 saturated carbocycles. The minimum atomic E-state index is -0.867. The van der Waals surface area contributed by atoms with Crippen LogP contribution in [0.3, 0.4) is 0 Å². The summed E-state index contributed by atoms with van der Waals surface area (Å²) in [5.41, 5.74) is -1.38. The van der Waals surface area contributed by atoms with Gasteiger partial charge >= 0.3 is 6.03 Å². The second-order valence-electron chi connectivity index (χ2n) is 9.01. The number of amides is 3. The van der Waals surface area contributed by atoms with Crippen LogP contribution in [-0.2, 0) is 4.79 Å². The molecule has 2 heterocycles. The van der Waals surface area contributed by atoms with Gasteiger partial charge in [0.1, 0.15) is 17.9 Å². The number of carbonyl (C=O) groups is 2. The molecule has 3 rings (SSSR count). The number of imide groups is 1. The van der Waals surface area contributed by atoms with Crippen molar-refractivity contribution < 1.29 is 14.3 Å². The number of benzene rings is 1. The number of carbonyl (C=O) groups excluding carboxylic acids is 2. The van der Waals surface area contributed by atoms with Crippen LogP contribution in [0.1, 0.15) is 40.5 Å². The van der Waals surface area contributed by atoms with Crippen molar-refractivity contribution in [3.63, 3.8) is 0 Å². The summed E-state index contributed by atoms with van der Waals surface area (Å²) in [7, 11) is 0. The van der Waals surface area contributed by atoms with Gasteiger partial charge in [-0.3, -0.25) is 14.6 Å². The van der Waals surface area contributed by atoms with E-state index in [-0.39, 0.29) is 36.2 Å². The molecule has 1 spiro atoms. The van der Waals surface area contributed by atoms with E-state index in [9.17, 15) is 9.59 Å². The quantitative estimate of drug-likeness (QED) is 0.603. The highest BCUT2D eigenvalue weighted by Crippen LogP contribution is 2.45. The Balaban J connectivity index is 1.74. The van der Waals surface area contributed by atoms with E-state index in [4.69, 9.17) is 4.74 Å². The molecule has 152 valence electrons. The van der Waals surface area contributed by atoms with Crippen LogP contribution in [-0.4, -0.2) is 58.1 Å². The Bertz CT molecular complexity index is 740. The molecule has 1 aromatic carbocycles. The van der Waals surface area contributed by atoms with E-state index in [0.717, 1.165) is 12.3 Å². The smallest absolute Gasteiger partial charge is 0.325 e. The summed E-state index contributed by atoms with van der Waals surface area (Å²) < 4.78 is 5.68. The Morgan fingerprint density at radius 1 is 1.11 bits per heavy atom. The molecule has 0 bridgehead atoms. The summed E-state index contributed by atoms with van der Waals surface area (Å²) >= 11 is 0. The molecule has 2 saturated heterocycles. The lowest BCUT2D eigenvalue weighted by Gasteiger charge is -2.57. The van der Waals surface area contributed by atoms with E-state index in [2.05, 4.69) is 44.5 Å². The standard InChI is InChI=1S/C22H31N3O3/c1-6-12-25-20(2,3)15-22(16-21(25,4)5)18(26)24(19(27)23-22)13-14-28-17-10-8-7-9-11-17/h6-11H,1,12-16H2,2-5H3,(H,23,27). The van der Waals surface area contributed by atoms with E-state index in [0.29, 0.717) is 12.8 Å². The summed E-state index contributed by atoms with van der Waals surface area (Å²) in [4.78, 5) is 29.6. The first-order valence-electron chi connectivity index (χ1n) is 9.82.